The quantitative estimate of drug-likeness (QED) is 0.524. The lowest BCUT2D eigenvalue weighted by Crippen LogP contribution is -2.30. The fourth-order valence-corrected chi connectivity index (χ4v) is 2.15. The van der Waals surface area contributed by atoms with Crippen molar-refractivity contribution in [2.75, 3.05) is 6.54 Å². The van der Waals surface area contributed by atoms with E-state index >= 15 is 0 Å². The Morgan fingerprint density at radius 1 is 1.57 bits per heavy atom. The molecule has 0 heterocycles. The van der Waals surface area contributed by atoms with Gasteiger partial charge in [-0.1, -0.05) is 18.2 Å². The van der Waals surface area contributed by atoms with E-state index in [1.54, 1.807) is 6.08 Å². The van der Waals surface area contributed by atoms with Gasteiger partial charge in [0.15, 0.2) is 7.98 Å². The van der Waals surface area contributed by atoms with Crippen LogP contribution >= 0.6 is 0 Å². The van der Waals surface area contributed by atoms with Crippen molar-refractivity contribution in [3.8, 4) is 0 Å². The van der Waals surface area contributed by atoms with E-state index in [-0.39, 0.29) is 11.2 Å². The van der Waals surface area contributed by atoms with Gasteiger partial charge in [-0.25, -0.2) is 0 Å². The monoisotopic (exact) mass is 189 g/mol. The first-order valence-electron chi connectivity index (χ1n) is 4.93. The summed E-state index contributed by atoms with van der Waals surface area (Å²) in [4.78, 5) is 11.8. The zero-order valence-corrected chi connectivity index (χ0v) is 8.51. The Morgan fingerprint density at radius 2 is 2.29 bits per heavy atom. The molecule has 1 aliphatic rings. The van der Waals surface area contributed by atoms with Gasteiger partial charge in [-0.05, 0) is 25.8 Å². The van der Waals surface area contributed by atoms with Crippen molar-refractivity contribution in [3.63, 3.8) is 0 Å². The molecule has 2 radical (unpaired) electrons. The predicted molar refractivity (Wildman–Crippen MR) is 59.0 cm³/mol. The minimum Gasteiger partial charge on any atom is -0.366 e. The Bertz CT molecular complexity index is 244. The molecule has 0 aromatic rings. The predicted octanol–water partition coefficient (Wildman–Crippen LogP) is 1.53. The summed E-state index contributed by atoms with van der Waals surface area (Å²) < 4.78 is 0. The summed E-state index contributed by atoms with van der Waals surface area (Å²) in [6, 6.07) is 0. The fraction of sp³-hybridized carbons (Fsp3) is 0.545. The number of hydrogen-bond acceptors (Lipinski definition) is 2. The number of nitrogens with one attached hydrogen (secondary N) is 1. The zero-order valence-electron chi connectivity index (χ0n) is 8.51. The highest BCUT2D eigenvalue weighted by atomic mass is 16.1. The summed E-state index contributed by atoms with van der Waals surface area (Å²) in [7, 11) is 5.24. The molecule has 0 bridgehead atoms. The highest BCUT2D eigenvalue weighted by Gasteiger charge is 2.42. The summed E-state index contributed by atoms with van der Waals surface area (Å²) in [5, 5.41) is 2.59. The topological polar surface area (TPSA) is 29.1 Å². The van der Waals surface area contributed by atoms with E-state index < -0.39 is 0 Å². The fourth-order valence-electron chi connectivity index (χ4n) is 2.15. The minimum atomic E-state index is -0.381. The van der Waals surface area contributed by atoms with Crippen molar-refractivity contribution in [1.29, 1.82) is 0 Å². The Balaban J connectivity index is 2.83. The molecule has 0 aromatic carbocycles. The van der Waals surface area contributed by atoms with Crippen LogP contribution in [0.25, 0.3) is 0 Å². The molecule has 1 saturated carbocycles. The SMILES string of the molecule is [B]NCCC1(CC=C)C(=C)CCC1=O. The van der Waals surface area contributed by atoms with E-state index in [2.05, 4.69) is 18.4 Å². The molecule has 1 rings (SSSR count). The normalized spacial score (nSPS) is 26.9. The summed E-state index contributed by atoms with van der Waals surface area (Å²) >= 11 is 0. The van der Waals surface area contributed by atoms with E-state index in [1.807, 2.05) is 0 Å². The second-order valence-electron chi connectivity index (χ2n) is 3.81. The first kappa shape index (κ1) is 11.3. The molecular formula is C11H16BNO. The van der Waals surface area contributed by atoms with E-state index in [9.17, 15) is 4.79 Å². The van der Waals surface area contributed by atoms with Gasteiger partial charge in [-0.2, -0.15) is 0 Å². The molecule has 1 N–H and O–H groups in total. The standard InChI is InChI=1S/C11H16BNO/c1-3-6-11(7-8-13-12)9(2)4-5-10(11)14/h3,13H,1-2,4-8H2. The number of carbonyl (C=O) groups is 1. The van der Waals surface area contributed by atoms with Gasteiger partial charge in [0.2, 0.25) is 0 Å². The van der Waals surface area contributed by atoms with Crippen molar-refractivity contribution in [2.45, 2.75) is 25.7 Å². The van der Waals surface area contributed by atoms with Crippen LogP contribution in [0.4, 0.5) is 0 Å². The molecule has 1 atom stereocenters. The van der Waals surface area contributed by atoms with Crippen molar-refractivity contribution < 1.29 is 4.79 Å². The van der Waals surface area contributed by atoms with Gasteiger partial charge in [0.25, 0.3) is 0 Å². The lowest BCUT2D eigenvalue weighted by atomic mass is 9.76. The maximum Gasteiger partial charge on any atom is 0.177 e. The average Bonchev–Trinajstić information content (AvgIpc) is 2.44. The third-order valence-electron chi connectivity index (χ3n) is 3.05. The lowest BCUT2D eigenvalue weighted by molar-refractivity contribution is -0.124. The van der Waals surface area contributed by atoms with E-state index in [0.717, 1.165) is 18.4 Å². The molecule has 74 valence electrons. The van der Waals surface area contributed by atoms with Crippen LogP contribution in [0.5, 0.6) is 0 Å². The average molecular weight is 189 g/mol. The van der Waals surface area contributed by atoms with Gasteiger partial charge in [0, 0.05) is 6.42 Å². The highest BCUT2D eigenvalue weighted by Crippen LogP contribution is 2.44. The number of allylic oxidation sites excluding steroid dienone is 2. The molecule has 1 aliphatic carbocycles. The van der Waals surface area contributed by atoms with E-state index in [1.165, 1.54) is 0 Å². The van der Waals surface area contributed by atoms with Gasteiger partial charge in [-0.15, -0.1) is 6.58 Å². The number of ketones is 1. The second-order valence-corrected chi connectivity index (χ2v) is 3.81. The smallest absolute Gasteiger partial charge is 0.177 e. The van der Waals surface area contributed by atoms with Gasteiger partial charge in [0.1, 0.15) is 5.78 Å². The molecule has 0 aromatic heterocycles. The highest BCUT2D eigenvalue weighted by molar-refractivity contribution is 6.04. The maximum absolute atomic E-state index is 11.8. The van der Waals surface area contributed by atoms with Crippen molar-refractivity contribution in [2.24, 2.45) is 5.41 Å². The Morgan fingerprint density at radius 3 is 2.71 bits per heavy atom. The molecule has 1 unspecified atom stereocenters. The van der Waals surface area contributed by atoms with Crippen LogP contribution < -0.4 is 5.23 Å². The molecule has 0 amide bonds. The van der Waals surface area contributed by atoms with Gasteiger partial charge >= 0.3 is 0 Å². The molecule has 2 nitrogen and oxygen atoms in total. The van der Waals surface area contributed by atoms with Gasteiger partial charge in [0.05, 0.1) is 5.41 Å². The zero-order chi connectivity index (χ0) is 10.6. The maximum atomic E-state index is 11.8. The Hall–Kier alpha value is -0.825. The van der Waals surface area contributed by atoms with Crippen molar-refractivity contribution in [1.82, 2.24) is 5.23 Å². The molecule has 0 aliphatic heterocycles. The molecule has 0 saturated heterocycles. The summed E-state index contributed by atoms with van der Waals surface area (Å²) in [5.74, 6) is 0.289. The molecule has 0 spiro atoms. The van der Waals surface area contributed by atoms with Crippen LogP contribution in [0.1, 0.15) is 25.7 Å². The van der Waals surface area contributed by atoms with Gasteiger partial charge in [-0.3, -0.25) is 4.79 Å². The first-order valence-corrected chi connectivity index (χ1v) is 4.93. The number of Topliss-reactive ketones (excluding diaryl/α,β-unsaturated/α-hetero) is 1. The number of hydrogen-bond donors (Lipinski definition) is 1. The summed E-state index contributed by atoms with van der Waals surface area (Å²) in [6.07, 6.45) is 4.65. The lowest BCUT2D eigenvalue weighted by Gasteiger charge is -2.27. The van der Waals surface area contributed by atoms with Crippen molar-refractivity contribution in [3.05, 3.63) is 24.8 Å². The van der Waals surface area contributed by atoms with Crippen LogP contribution in [-0.4, -0.2) is 20.3 Å². The third-order valence-corrected chi connectivity index (χ3v) is 3.05. The van der Waals surface area contributed by atoms with Crippen LogP contribution in [0.15, 0.2) is 24.8 Å². The molecular weight excluding hydrogens is 173 g/mol. The van der Waals surface area contributed by atoms with Crippen LogP contribution in [-0.2, 0) is 4.79 Å². The Kier molecular flexibility index (Phi) is 3.70. The van der Waals surface area contributed by atoms with Crippen molar-refractivity contribution >= 4 is 13.8 Å². The van der Waals surface area contributed by atoms with Crippen LogP contribution in [0.2, 0.25) is 0 Å². The summed E-state index contributed by atoms with van der Waals surface area (Å²) in [6.45, 7) is 8.33. The van der Waals surface area contributed by atoms with E-state index in [0.29, 0.717) is 19.4 Å². The number of rotatable bonds is 5. The van der Waals surface area contributed by atoms with Crippen LogP contribution in [0, 0.1) is 5.41 Å². The second kappa shape index (κ2) is 4.60. The first-order chi connectivity index (χ1) is 6.67. The summed E-state index contributed by atoms with van der Waals surface area (Å²) in [5.41, 5.74) is 0.659. The molecule has 3 heteroatoms. The van der Waals surface area contributed by atoms with E-state index in [4.69, 9.17) is 7.98 Å². The molecule has 1 fully saturated rings. The van der Waals surface area contributed by atoms with Gasteiger partial charge < -0.3 is 5.23 Å². The largest absolute Gasteiger partial charge is 0.366 e. The molecule has 14 heavy (non-hydrogen) atoms. The minimum absolute atomic E-state index is 0.289. The van der Waals surface area contributed by atoms with Crippen LogP contribution in [0.3, 0.4) is 0 Å². The number of carbonyl (C=O) groups excluding carboxylic acids is 1. The third kappa shape index (κ3) is 1.83. The Labute approximate surface area is 86.9 Å².